The lowest BCUT2D eigenvalue weighted by atomic mass is 9.70. The van der Waals surface area contributed by atoms with Crippen molar-refractivity contribution in [3.8, 4) is 5.75 Å². The molecule has 0 heterocycles. The number of carboxylic acid groups (broad SMARTS) is 1. The number of fused-ring (bicyclic) bond motifs is 1. The van der Waals surface area contributed by atoms with Crippen molar-refractivity contribution < 1.29 is 19.0 Å². The number of halogens is 2. The molecule has 136 valence electrons. The van der Waals surface area contributed by atoms with Crippen molar-refractivity contribution in [1.82, 2.24) is 0 Å². The number of methoxy groups -OCH3 is 1. The normalized spacial score (nSPS) is 16.9. The Kier molecular flexibility index (Phi) is 5.47. The molecule has 25 heavy (non-hydrogen) atoms. The average molecular weight is 410 g/mol. The summed E-state index contributed by atoms with van der Waals surface area (Å²) in [5, 5.41) is 11.0. The highest BCUT2D eigenvalue weighted by Crippen LogP contribution is 2.50. The Morgan fingerprint density at radius 2 is 2.00 bits per heavy atom. The lowest BCUT2D eigenvalue weighted by molar-refractivity contribution is -0.301. The Morgan fingerprint density at radius 3 is 2.48 bits per heavy atom. The van der Waals surface area contributed by atoms with Crippen LogP contribution in [0.1, 0.15) is 57.7 Å². The summed E-state index contributed by atoms with van der Waals surface area (Å²) in [6.45, 7) is 9.93. The van der Waals surface area contributed by atoms with Crippen molar-refractivity contribution >= 4 is 33.0 Å². The third-order valence-corrected chi connectivity index (χ3v) is 5.54. The van der Waals surface area contributed by atoms with Crippen LogP contribution in [0.3, 0.4) is 0 Å². The quantitative estimate of drug-likeness (QED) is 0.681. The largest absolute Gasteiger partial charge is 0.542 e. The first-order valence-corrected chi connectivity index (χ1v) is 9.01. The van der Waals surface area contributed by atoms with Crippen molar-refractivity contribution in [2.45, 2.75) is 46.5 Å². The highest BCUT2D eigenvalue weighted by atomic mass is 79.9. The SMILES string of the molecule is COc1c(/C(C)=C(/F)C(=O)[O-])cc2c(c1Br)C(C)(C)CC=C2C(C)C. The van der Waals surface area contributed by atoms with Crippen LogP contribution in [-0.2, 0) is 10.2 Å². The van der Waals surface area contributed by atoms with Gasteiger partial charge in [-0.1, -0.05) is 33.8 Å². The van der Waals surface area contributed by atoms with E-state index in [2.05, 4.69) is 49.7 Å². The summed E-state index contributed by atoms with van der Waals surface area (Å²) in [4.78, 5) is 11.0. The summed E-state index contributed by atoms with van der Waals surface area (Å²) in [7, 11) is 1.50. The van der Waals surface area contributed by atoms with Gasteiger partial charge >= 0.3 is 0 Å². The number of ether oxygens (including phenoxy) is 1. The molecule has 1 aliphatic carbocycles. The molecule has 0 fully saturated rings. The molecule has 0 spiro atoms. The number of carbonyl (C=O) groups is 1. The monoisotopic (exact) mass is 409 g/mol. The molecule has 5 heteroatoms. The van der Waals surface area contributed by atoms with E-state index in [0.29, 0.717) is 17.2 Å². The number of carboxylic acids is 1. The fourth-order valence-corrected chi connectivity index (χ4v) is 4.52. The molecule has 0 unspecified atom stereocenters. The summed E-state index contributed by atoms with van der Waals surface area (Å²) in [5.74, 6) is -2.38. The molecular weight excluding hydrogens is 387 g/mol. The number of allylic oxidation sites excluding steroid dienone is 3. The minimum atomic E-state index is -1.83. The second kappa shape index (κ2) is 6.94. The third-order valence-electron chi connectivity index (χ3n) is 4.78. The van der Waals surface area contributed by atoms with Gasteiger partial charge in [0.15, 0.2) is 0 Å². The smallest absolute Gasteiger partial charge is 0.149 e. The summed E-state index contributed by atoms with van der Waals surface area (Å²) in [6.07, 6.45) is 3.10. The first kappa shape index (κ1) is 19.7. The van der Waals surface area contributed by atoms with Crippen LogP contribution in [0.2, 0.25) is 0 Å². The molecule has 3 nitrogen and oxygen atoms in total. The van der Waals surface area contributed by atoms with Gasteiger partial charge in [-0.25, -0.2) is 4.39 Å². The molecule has 0 aliphatic heterocycles. The first-order chi connectivity index (χ1) is 11.5. The standard InChI is InChI=1S/C20H24BrFO3/c1-10(2)12-7-8-20(4,5)15-14(12)9-13(18(25-6)16(15)21)11(3)17(22)19(23)24/h7,9-10H,8H2,1-6H3,(H,23,24)/p-1/b17-11+. The number of aliphatic carboxylic acids is 1. The Bertz CT molecular complexity index is 789. The van der Waals surface area contributed by atoms with Crippen LogP contribution in [0, 0.1) is 5.92 Å². The average Bonchev–Trinajstić information content (AvgIpc) is 2.51. The van der Waals surface area contributed by atoms with Gasteiger partial charge in [0.05, 0.1) is 11.6 Å². The summed E-state index contributed by atoms with van der Waals surface area (Å²) < 4.78 is 20.3. The summed E-state index contributed by atoms with van der Waals surface area (Å²) >= 11 is 3.62. The molecule has 0 bridgehead atoms. The molecular formula is C20H23BrFO3-. The van der Waals surface area contributed by atoms with Gasteiger partial charge in [0, 0.05) is 5.56 Å². The van der Waals surface area contributed by atoms with Crippen LogP contribution in [0.15, 0.2) is 22.4 Å². The molecule has 0 N–H and O–H groups in total. The minimum absolute atomic E-state index is 0.00756. The third kappa shape index (κ3) is 3.39. The van der Waals surface area contributed by atoms with Gasteiger partial charge in [-0.3, -0.25) is 0 Å². The van der Waals surface area contributed by atoms with Gasteiger partial charge in [-0.15, -0.1) is 0 Å². The number of carbonyl (C=O) groups excluding carboxylic acids is 1. The maximum atomic E-state index is 14.0. The fraction of sp³-hybridized carbons (Fsp3) is 0.450. The zero-order valence-corrected chi connectivity index (χ0v) is 17.0. The molecule has 0 saturated heterocycles. The molecule has 1 aromatic rings. The number of benzene rings is 1. The van der Waals surface area contributed by atoms with Crippen molar-refractivity contribution in [3.63, 3.8) is 0 Å². The van der Waals surface area contributed by atoms with Crippen molar-refractivity contribution in [3.05, 3.63) is 39.1 Å². The lowest BCUT2D eigenvalue weighted by Crippen LogP contribution is -2.25. The molecule has 1 aliphatic rings. The second-order valence-electron chi connectivity index (χ2n) is 7.32. The van der Waals surface area contributed by atoms with Gasteiger partial charge in [-0.2, -0.15) is 0 Å². The molecule has 2 rings (SSSR count). The summed E-state index contributed by atoms with van der Waals surface area (Å²) in [5.41, 5.74) is 3.55. The van der Waals surface area contributed by atoms with Crippen LogP contribution in [0.5, 0.6) is 5.75 Å². The number of hydrogen-bond donors (Lipinski definition) is 0. The second-order valence-corrected chi connectivity index (χ2v) is 8.12. The van der Waals surface area contributed by atoms with E-state index >= 15 is 0 Å². The van der Waals surface area contributed by atoms with Crippen LogP contribution >= 0.6 is 15.9 Å². The molecule has 0 atom stereocenters. The van der Waals surface area contributed by atoms with Gasteiger partial charge in [0.2, 0.25) is 0 Å². The van der Waals surface area contributed by atoms with Crippen molar-refractivity contribution in [2.75, 3.05) is 7.11 Å². The van der Waals surface area contributed by atoms with E-state index in [0.717, 1.165) is 22.0 Å². The lowest BCUT2D eigenvalue weighted by Gasteiger charge is -2.35. The van der Waals surface area contributed by atoms with E-state index in [-0.39, 0.29) is 11.0 Å². The van der Waals surface area contributed by atoms with E-state index < -0.39 is 11.8 Å². The van der Waals surface area contributed by atoms with Crippen LogP contribution < -0.4 is 9.84 Å². The zero-order chi connectivity index (χ0) is 19.1. The molecule has 0 radical (unpaired) electrons. The van der Waals surface area contributed by atoms with E-state index in [1.807, 2.05) is 6.07 Å². The van der Waals surface area contributed by atoms with E-state index in [4.69, 9.17) is 4.74 Å². The molecule has 0 saturated carbocycles. The highest BCUT2D eigenvalue weighted by Gasteiger charge is 2.34. The van der Waals surface area contributed by atoms with Crippen LogP contribution in [0.4, 0.5) is 4.39 Å². The summed E-state index contributed by atoms with van der Waals surface area (Å²) in [6, 6.07) is 1.84. The maximum Gasteiger partial charge on any atom is 0.149 e. The van der Waals surface area contributed by atoms with E-state index in [1.165, 1.54) is 19.6 Å². The van der Waals surface area contributed by atoms with E-state index in [1.54, 1.807) is 0 Å². The van der Waals surface area contributed by atoms with E-state index in [9.17, 15) is 14.3 Å². The Morgan fingerprint density at radius 1 is 1.40 bits per heavy atom. The Balaban J connectivity index is 2.90. The van der Waals surface area contributed by atoms with Gasteiger partial charge in [-0.05, 0) is 68.9 Å². The van der Waals surface area contributed by atoms with Gasteiger partial charge < -0.3 is 14.6 Å². The van der Waals surface area contributed by atoms with Gasteiger partial charge in [0.25, 0.3) is 0 Å². The number of hydrogen-bond acceptors (Lipinski definition) is 3. The van der Waals surface area contributed by atoms with Crippen molar-refractivity contribution in [2.24, 2.45) is 5.92 Å². The highest BCUT2D eigenvalue weighted by molar-refractivity contribution is 9.10. The molecule has 0 amide bonds. The first-order valence-electron chi connectivity index (χ1n) is 8.22. The maximum absolute atomic E-state index is 14.0. The fourth-order valence-electron chi connectivity index (χ4n) is 3.39. The van der Waals surface area contributed by atoms with Crippen LogP contribution in [0.25, 0.3) is 11.1 Å². The predicted molar refractivity (Wildman–Crippen MR) is 99.9 cm³/mol. The minimum Gasteiger partial charge on any atom is -0.542 e. The van der Waals surface area contributed by atoms with Crippen LogP contribution in [-0.4, -0.2) is 13.1 Å². The van der Waals surface area contributed by atoms with Gasteiger partial charge in [0.1, 0.15) is 17.5 Å². The van der Waals surface area contributed by atoms with Crippen molar-refractivity contribution in [1.29, 1.82) is 0 Å². The predicted octanol–water partition coefficient (Wildman–Crippen LogP) is 4.63. The Hall–Kier alpha value is -1.62. The molecule has 1 aromatic carbocycles. The number of rotatable bonds is 4. The molecule has 0 aromatic heterocycles. The topological polar surface area (TPSA) is 49.4 Å². The Labute approximate surface area is 156 Å². The zero-order valence-electron chi connectivity index (χ0n) is 15.4.